The van der Waals surface area contributed by atoms with Crippen molar-refractivity contribution in [2.45, 2.75) is 0 Å². The molecule has 9 rings (SSSR count). The Morgan fingerprint density at radius 2 is 0.783 bits per heavy atom. The van der Waals surface area contributed by atoms with E-state index in [0.717, 1.165) is 88.4 Å². The van der Waals surface area contributed by atoms with Gasteiger partial charge >= 0.3 is 0 Å². The Labute approximate surface area is 265 Å². The van der Waals surface area contributed by atoms with Gasteiger partial charge in [0.25, 0.3) is 0 Å². The predicted molar refractivity (Wildman–Crippen MR) is 189 cm³/mol. The zero-order valence-electron chi connectivity index (χ0n) is 24.8. The van der Waals surface area contributed by atoms with E-state index in [-0.39, 0.29) is 0 Å². The number of fused-ring (bicyclic) bond motifs is 6. The van der Waals surface area contributed by atoms with Gasteiger partial charge in [-0.2, -0.15) is 0 Å². The molecule has 5 aromatic carbocycles. The summed E-state index contributed by atoms with van der Waals surface area (Å²) in [4.78, 5) is 19.9. The van der Waals surface area contributed by atoms with Gasteiger partial charge in [-0.05, 0) is 52.6 Å². The fraction of sp³-hybridized carbons (Fsp3) is 0. The van der Waals surface area contributed by atoms with Crippen molar-refractivity contribution in [3.63, 3.8) is 0 Å². The molecule has 0 aliphatic carbocycles. The first-order chi connectivity index (χ1) is 22.8. The molecule has 4 heterocycles. The van der Waals surface area contributed by atoms with Crippen molar-refractivity contribution < 1.29 is 0 Å². The number of pyridine rings is 4. The molecule has 46 heavy (non-hydrogen) atoms. The highest BCUT2D eigenvalue weighted by Crippen LogP contribution is 2.39. The van der Waals surface area contributed by atoms with Gasteiger partial charge in [0, 0.05) is 45.1 Å². The van der Waals surface area contributed by atoms with Crippen molar-refractivity contribution in [1.29, 1.82) is 0 Å². The van der Waals surface area contributed by atoms with Crippen molar-refractivity contribution in [3.8, 4) is 44.8 Å². The second kappa shape index (κ2) is 10.7. The summed E-state index contributed by atoms with van der Waals surface area (Å²) in [6.07, 6.45) is 3.69. The second-order valence-electron chi connectivity index (χ2n) is 11.5. The maximum atomic E-state index is 5.18. The van der Waals surface area contributed by atoms with Crippen molar-refractivity contribution >= 4 is 43.6 Å². The molecule has 4 aromatic heterocycles. The molecule has 0 spiro atoms. The van der Waals surface area contributed by atoms with Gasteiger partial charge in [-0.25, -0.2) is 9.97 Å². The highest BCUT2D eigenvalue weighted by Gasteiger charge is 2.16. The number of benzene rings is 5. The lowest BCUT2D eigenvalue weighted by atomic mass is 9.92. The Kier molecular flexibility index (Phi) is 6.10. The standard InChI is InChI=1S/C42H26N4/c1-3-10-27(11-4-1)37-25-35(33-20-18-29-16-8-22-43-39(29)41(33)45-37)31-14-7-15-32(24-31)36-26-38(28-12-5-2-6-13-28)46-42-34(36)21-19-30-17-9-23-44-40(30)42/h1-26H. The third-order valence-corrected chi connectivity index (χ3v) is 8.73. The van der Waals surface area contributed by atoms with E-state index in [1.165, 1.54) is 0 Å². The Balaban J connectivity index is 1.31. The minimum atomic E-state index is 0.901. The van der Waals surface area contributed by atoms with Crippen LogP contribution >= 0.6 is 0 Å². The Morgan fingerprint density at radius 3 is 1.26 bits per heavy atom. The van der Waals surface area contributed by atoms with Crippen LogP contribution in [0.2, 0.25) is 0 Å². The molecule has 0 aliphatic heterocycles. The summed E-state index contributed by atoms with van der Waals surface area (Å²) < 4.78 is 0. The third-order valence-electron chi connectivity index (χ3n) is 8.73. The molecule has 0 N–H and O–H groups in total. The lowest BCUT2D eigenvalue weighted by Gasteiger charge is -2.15. The van der Waals surface area contributed by atoms with Gasteiger partial charge in [-0.3, -0.25) is 9.97 Å². The highest BCUT2D eigenvalue weighted by atomic mass is 14.8. The van der Waals surface area contributed by atoms with Crippen LogP contribution in [0.25, 0.3) is 88.4 Å². The molecule has 0 amide bonds. The van der Waals surface area contributed by atoms with E-state index >= 15 is 0 Å². The number of nitrogens with zero attached hydrogens (tertiary/aromatic N) is 4. The minimum absolute atomic E-state index is 0.901. The molecule has 0 saturated carbocycles. The largest absolute Gasteiger partial charge is 0.254 e. The molecule has 4 nitrogen and oxygen atoms in total. The fourth-order valence-electron chi connectivity index (χ4n) is 6.50. The molecule has 0 atom stereocenters. The summed E-state index contributed by atoms with van der Waals surface area (Å²) in [6.45, 7) is 0. The molecule has 0 aliphatic rings. The van der Waals surface area contributed by atoms with Crippen molar-refractivity contribution in [1.82, 2.24) is 19.9 Å². The van der Waals surface area contributed by atoms with Crippen molar-refractivity contribution in [2.24, 2.45) is 0 Å². The minimum Gasteiger partial charge on any atom is -0.254 e. The highest BCUT2D eigenvalue weighted by molar-refractivity contribution is 6.11. The van der Waals surface area contributed by atoms with Gasteiger partial charge in [-0.15, -0.1) is 0 Å². The molecule has 4 heteroatoms. The molecule has 0 unspecified atom stereocenters. The lowest BCUT2D eigenvalue weighted by molar-refractivity contribution is 1.37. The van der Waals surface area contributed by atoms with E-state index in [0.29, 0.717) is 0 Å². The maximum Gasteiger partial charge on any atom is 0.0978 e. The van der Waals surface area contributed by atoms with Crippen LogP contribution in [0.15, 0.2) is 158 Å². The predicted octanol–water partition coefficient (Wildman–Crippen LogP) is 10.5. The number of aromatic nitrogens is 4. The first-order valence-corrected chi connectivity index (χ1v) is 15.4. The average Bonchev–Trinajstić information content (AvgIpc) is 3.14. The van der Waals surface area contributed by atoms with Crippen molar-refractivity contribution in [3.05, 3.63) is 158 Å². The zero-order valence-corrected chi connectivity index (χ0v) is 24.8. The first-order valence-electron chi connectivity index (χ1n) is 15.4. The maximum absolute atomic E-state index is 5.18. The molecule has 9 aromatic rings. The molecule has 0 saturated heterocycles. The van der Waals surface area contributed by atoms with Gasteiger partial charge in [0.1, 0.15) is 0 Å². The Morgan fingerprint density at radius 1 is 0.326 bits per heavy atom. The van der Waals surface area contributed by atoms with Crippen LogP contribution in [0.4, 0.5) is 0 Å². The summed E-state index contributed by atoms with van der Waals surface area (Å²) in [5.41, 5.74) is 12.1. The molecule has 0 fully saturated rings. The number of hydrogen-bond acceptors (Lipinski definition) is 4. The zero-order chi connectivity index (χ0) is 30.5. The summed E-state index contributed by atoms with van der Waals surface area (Å²) >= 11 is 0. The molecular formula is C42H26N4. The van der Waals surface area contributed by atoms with Gasteiger partial charge in [-0.1, -0.05) is 115 Å². The normalized spacial score (nSPS) is 11.5. The molecule has 214 valence electrons. The first kappa shape index (κ1) is 26.2. The van der Waals surface area contributed by atoms with E-state index in [1.54, 1.807) is 0 Å². The Bertz CT molecular complexity index is 2400. The monoisotopic (exact) mass is 586 g/mol. The third kappa shape index (κ3) is 4.39. The Hall–Kier alpha value is -6.26. The van der Waals surface area contributed by atoms with Crippen LogP contribution in [0.3, 0.4) is 0 Å². The van der Waals surface area contributed by atoms with Gasteiger partial charge < -0.3 is 0 Å². The van der Waals surface area contributed by atoms with E-state index in [1.807, 2.05) is 36.7 Å². The van der Waals surface area contributed by atoms with Crippen LogP contribution in [0.1, 0.15) is 0 Å². The van der Waals surface area contributed by atoms with Gasteiger partial charge in [0.2, 0.25) is 0 Å². The smallest absolute Gasteiger partial charge is 0.0978 e. The topological polar surface area (TPSA) is 51.6 Å². The van der Waals surface area contributed by atoms with Crippen LogP contribution in [-0.4, -0.2) is 19.9 Å². The SMILES string of the molecule is c1ccc(-c2cc(-c3cccc(-c4cc(-c5ccccc5)nc5c4ccc4cccnc45)c3)c3ccc4cccnc4c3n2)cc1. The lowest BCUT2D eigenvalue weighted by Crippen LogP contribution is -1.94. The number of rotatable bonds is 4. The van der Waals surface area contributed by atoms with E-state index in [2.05, 4.69) is 121 Å². The summed E-state index contributed by atoms with van der Waals surface area (Å²) in [7, 11) is 0. The van der Waals surface area contributed by atoms with Gasteiger partial charge in [0.05, 0.1) is 33.5 Å². The van der Waals surface area contributed by atoms with Crippen molar-refractivity contribution in [2.75, 3.05) is 0 Å². The fourth-order valence-corrected chi connectivity index (χ4v) is 6.50. The molecule has 0 bridgehead atoms. The van der Waals surface area contributed by atoms with E-state index in [4.69, 9.17) is 19.9 Å². The van der Waals surface area contributed by atoms with Crippen LogP contribution in [0, 0.1) is 0 Å². The van der Waals surface area contributed by atoms with Crippen LogP contribution in [0.5, 0.6) is 0 Å². The summed E-state index contributed by atoms with van der Waals surface area (Å²) in [6, 6.07) is 50.7. The summed E-state index contributed by atoms with van der Waals surface area (Å²) in [5.74, 6) is 0. The molecular weight excluding hydrogens is 560 g/mol. The summed E-state index contributed by atoms with van der Waals surface area (Å²) in [5, 5.41) is 4.29. The van der Waals surface area contributed by atoms with E-state index in [9.17, 15) is 0 Å². The number of hydrogen-bond donors (Lipinski definition) is 0. The van der Waals surface area contributed by atoms with Crippen LogP contribution < -0.4 is 0 Å². The average molecular weight is 587 g/mol. The van der Waals surface area contributed by atoms with E-state index < -0.39 is 0 Å². The molecule has 0 radical (unpaired) electrons. The quantitative estimate of drug-likeness (QED) is 0.193. The van der Waals surface area contributed by atoms with Crippen LogP contribution in [-0.2, 0) is 0 Å². The second-order valence-corrected chi connectivity index (χ2v) is 11.5. The van der Waals surface area contributed by atoms with Gasteiger partial charge in [0.15, 0.2) is 0 Å².